The maximum absolute atomic E-state index is 12.2. The smallest absolute Gasteiger partial charge is 0.255 e. The fraction of sp³-hybridized carbons (Fsp3) is 0.167. The Kier molecular flexibility index (Phi) is 4.77. The van der Waals surface area contributed by atoms with Crippen LogP contribution in [-0.4, -0.2) is 12.5 Å². The van der Waals surface area contributed by atoms with E-state index in [1.807, 2.05) is 62.4 Å². The molecule has 0 aliphatic carbocycles. The Hall–Kier alpha value is -2.55. The molecule has 1 amide bonds. The number of benzene rings is 2. The highest BCUT2D eigenvalue weighted by atomic mass is 16.5. The predicted molar refractivity (Wildman–Crippen MR) is 85.9 cm³/mol. The molecule has 3 heteroatoms. The van der Waals surface area contributed by atoms with Crippen molar-refractivity contribution >= 4 is 11.6 Å². The van der Waals surface area contributed by atoms with Crippen molar-refractivity contribution < 1.29 is 9.53 Å². The molecule has 0 aliphatic heterocycles. The van der Waals surface area contributed by atoms with E-state index in [0.717, 1.165) is 22.6 Å². The highest BCUT2D eigenvalue weighted by Crippen LogP contribution is 2.17. The van der Waals surface area contributed by atoms with E-state index in [4.69, 9.17) is 4.74 Å². The lowest BCUT2D eigenvalue weighted by atomic mass is 10.1. The van der Waals surface area contributed by atoms with E-state index in [9.17, 15) is 4.79 Å². The zero-order valence-corrected chi connectivity index (χ0v) is 12.3. The van der Waals surface area contributed by atoms with Crippen LogP contribution in [0, 0.1) is 6.92 Å². The van der Waals surface area contributed by atoms with Crippen LogP contribution in [0.5, 0.6) is 5.75 Å². The fourth-order valence-corrected chi connectivity index (χ4v) is 1.87. The van der Waals surface area contributed by atoms with Gasteiger partial charge in [0.25, 0.3) is 5.91 Å². The summed E-state index contributed by atoms with van der Waals surface area (Å²) in [6.07, 6.45) is 0. The molecule has 2 aromatic carbocycles. The first-order valence-electron chi connectivity index (χ1n) is 6.80. The molecular weight excluding hydrogens is 262 g/mol. The molecule has 2 rings (SSSR count). The second-order valence-corrected chi connectivity index (χ2v) is 5.04. The minimum absolute atomic E-state index is 0.108. The molecule has 1 N–H and O–H groups in total. The van der Waals surface area contributed by atoms with Crippen LogP contribution in [0.1, 0.15) is 22.8 Å². The van der Waals surface area contributed by atoms with Crippen molar-refractivity contribution in [3.63, 3.8) is 0 Å². The first-order chi connectivity index (χ1) is 10.1. The van der Waals surface area contributed by atoms with Crippen LogP contribution in [0.25, 0.3) is 0 Å². The third-order valence-corrected chi connectivity index (χ3v) is 2.99. The minimum Gasteiger partial charge on any atom is -0.489 e. The molecule has 0 fully saturated rings. The Bertz CT molecular complexity index is 645. The molecule has 0 radical (unpaired) electrons. The molecule has 0 saturated carbocycles. The third-order valence-electron chi connectivity index (χ3n) is 2.99. The number of rotatable bonds is 5. The first-order valence-corrected chi connectivity index (χ1v) is 6.80. The summed E-state index contributed by atoms with van der Waals surface area (Å²) in [5.41, 5.74) is 3.34. The quantitative estimate of drug-likeness (QED) is 0.834. The van der Waals surface area contributed by atoms with E-state index in [1.165, 1.54) is 0 Å². The van der Waals surface area contributed by atoms with Crippen LogP contribution in [0.3, 0.4) is 0 Å². The lowest BCUT2D eigenvalue weighted by Crippen LogP contribution is -2.13. The molecular formula is C18H19NO2. The van der Waals surface area contributed by atoms with Crippen molar-refractivity contribution in [1.82, 2.24) is 0 Å². The van der Waals surface area contributed by atoms with Gasteiger partial charge in [-0.25, -0.2) is 0 Å². The summed E-state index contributed by atoms with van der Waals surface area (Å²) in [4.78, 5) is 12.2. The van der Waals surface area contributed by atoms with Crippen molar-refractivity contribution in [3.05, 3.63) is 71.8 Å². The Labute approximate surface area is 125 Å². The second kappa shape index (κ2) is 6.75. The van der Waals surface area contributed by atoms with E-state index in [2.05, 4.69) is 11.9 Å². The number of aryl methyl sites for hydroxylation is 1. The molecule has 0 saturated heterocycles. The van der Waals surface area contributed by atoms with Gasteiger partial charge in [-0.05, 0) is 55.3 Å². The molecule has 0 aromatic heterocycles. The Morgan fingerprint density at radius 3 is 2.43 bits per heavy atom. The van der Waals surface area contributed by atoms with Gasteiger partial charge in [-0.15, -0.1) is 0 Å². The van der Waals surface area contributed by atoms with Gasteiger partial charge in [-0.2, -0.15) is 0 Å². The van der Waals surface area contributed by atoms with Crippen molar-refractivity contribution in [3.8, 4) is 5.75 Å². The molecule has 0 bridgehead atoms. The van der Waals surface area contributed by atoms with Gasteiger partial charge in [0.2, 0.25) is 0 Å². The highest BCUT2D eigenvalue weighted by molar-refractivity contribution is 6.05. The van der Waals surface area contributed by atoms with E-state index in [1.54, 1.807) is 0 Å². The van der Waals surface area contributed by atoms with Gasteiger partial charge in [0.1, 0.15) is 12.4 Å². The highest BCUT2D eigenvalue weighted by Gasteiger charge is 2.08. The Morgan fingerprint density at radius 1 is 1.14 bits per heavy atom. The lowest BCUT2D eigenvalue weighted by Gasteiger charge is -2.09. The number of hydrogen-bond donors (Lipinski definition) is 1. The monoisotopic (exact) mass is 281 g/mol. The largest absolute Gasteiger partial charge is 0.489 e. The van der Waals surface area contributed by atoms with Gasteiger partial charge >= 0.3 is 0 Å². The number of ether oxygens (including phenoxy) is 1. The molecule has 3 nitrogen and oxygen atoms in total. The van der Waals surface area contributed by atoms with Gasteiger partial charge < -0.3 is 10.1 Å². The molecule has 0 heterocycles. The molecule has 0 unspecified atom stereocenters. The van der Waals surface area contributed by atoms with Gasteiger partial charge in [0.15, 0.2) is 0 Å². The number of amides is 1. The van der Waals surface area contributed by atoms with Crippen molar-refractivity contribution in [2.24, 2.45) is 0 Å². The summed E-state index contributed by atoms with van der Waals surface area (Å²) in [5, 5.41) is 2.88. The maximum Gasteiger partial charge on any atom is 0.255 e. The summed E-state index contributed by atoms with van der Waals surface area (Å²) in [6.45, 7) is 8.12. The zero-order chi connectivity index (χ0) is 15.2. The summed E-state index contributed by atoms with van der Waals surface area (Å²) in [6, 6.07) is 14.8. The Balaban J connectivity index is 2.02. The molecule has 0 atom stereocenters. The number of nitrogens with one attached hydrogen (secondary N) is 1. The van der Waals surface area contributed by atoms with Crippen LogP contribution in [-0.2, 0) is 0 Å². The molecule has 0 spiro atoms. The Morgan fingerprint density at radius 2 is 1.81 bits per heavy atom. The van der Waals surface area contributed by atoms with Crippen LogP contribution >= 0.6 is 0 Å². The van der Waals surface area contributed by atoms with Crippen molar-refractivity contribution in [1.29, 1.82) is 0 Å². The van der Waals surface area contributed by atoms with Gasteiger partial charge in [0, 0.05) is 11.3 Å². The van der Waals surface area contributed by atoms with Crippen molar-refractivity contribution in [2.45, 2.75) is 13.8 Å². The average molecular weight is 281 g/mol. The minimum atomic E-state index is -0.108. The van der Waals surface area contributed by atoms with E-state index < -0.39 is 0 Å². The van der Waals surface area contributed by atoms with E-state index in [-0.39, 0.29) is 5.91 Å². The second-order valence-electron chi connectivity index (χ2n) is 5.04. The van der Waals surface area contributed by atoms with Crippen LogP contribution in [0.15, 0.2) is 60.7 Å². The van der Waals surface area contributed by atoms with Gasteiger partial charge in [-0.1, -0.05) is 24.8 Å². The number of carbonyl (C=O) groups is 1. The standard InChI is InChI=1S/C18H19NO2/c1-13(2)12-21-16-10-8-15(9-11-16)19-18(20)17-7-5-4-6-14(17)3/h4-11H,1,12H2,2-3H3,(H,19,20). The maximum atomic E-state index is 12.2. The summed E-state index contributed by atoms with van der Waals surface area (Å²) in [7, 11) is 0. The summed E-state index contributed by atoms with van der Waals surface area (Å²) < 4.78 is 5.52. The first kappa shape index (κ1) is 14.9. The number of hydrogen-bond acceptors (Lipinski definition) is 2. The number of carbonyl (C=O) groups excluding carboxylic acids is 1. The number of anilines is 1. The average Bonchev–Trinajstić information content (AvgIpc) is 2.47. The summed E-state index contributed by atoms with van der Waals surface area (Å²) in [5.74, 6) is 0.649. The van der Waals surface area contributed by atoms with Crippen molar-refractivity contribution in [2.75, 3.05) is 11.9 Å². The van der Waals surface area contributed by atoms with Crippen LogP contribution in [0.2, 0.25) is 0 Å². The molecule has 0 aliphatic rings. The third kappa shape index (κ3) is 4.21. The van der Waals surface area contributed by atoms with E-state index in [0.29, 0.717) is 12.2 Å². The SMILES string of the molecule is C=C(C)COc1ccc(NC(=O)c2ccccc2C)cc1. The lowest BCUT2D eigenvalue weighted by molar-refractivity contribution is 0.102. The van der Waals surface area contributed by atoms with E-state index >= 15 is 0 Å². The zero-order valence-electron chi connectivity index (χ0n) is 12.3. The molecule has 108 valence electrons. The van der Waals surface area contributed by atoms with Crippen LogP contribution < -0.4 is 10.1 Å². The molecule has 2 aromatic rings. The normalized spacial score (nSPS) is 10.0. The van der Waals surface area contributed by atoms with Gasteiger partial charge in [-0.3, -0.25) is 4.79 Å². The topological polar surface area (TPSA) is 38.3 Å². The van der Waals surface area contributed by atoms with Gasteiger partial charge in [0.05, 0.1) is 0 Å². The fourth-order valence-electron chi connectivity index (χ4n) is 1.87. The summed E-state index contributed by atoms with van der Waals surface area (Å²) >= 11 is 0. The predicted octanol–water partition coefficient (Wildman–Crippen LogP) is 4.20. The van der Waals surface area contributed by atoms with Crippen LogP contribution in [0.4, 0.5) is 5.69 Å². The molecule has 21 heavy (non-hydrogen) atoms.